The average molecular weight is 407 g/mol. The summed E-state index contributed by atoms with van der Waals surface area (Å²) in [4.78, 5) is 14.3. The molecule has 19 heavy (non-hydrogen) atoms. The van der Waals surface area contributed by atoms with Crippen LogP contribution in [0.15, 0.2) is 39.3 Å². The summed E-state index contributed by atoms with van der Waals surface area (Å²) in [6, 6.07) is 8.08. The van der Waals surface area contributed by atoms with E-state index in [0.717, 1.165) is 8.95 Å². The number of hydrogen-bond acceptors (Lipinski definition) is 4. The molecule has 0 saturated carbocycles. The van der Waals surface area contributed by atoms with Gasteiger partial charge in [0.2, 0.25) is 5.82 Å². The van der Waals surface area contributed by atoms with Crippen LogP contribution < -0.4 is 5.32 Å². The van der Waals surface area contributed by atoms with Crippen molar-refractivity contribution >= 4 is 60.7 Å². The lowest BCUT2D eigenvalue weighted by molar-refractivity contribution is -0.384. The Morgan fingerprint density at radius 3 is 2.63 bits per heavy atom. The fourth-order valence-corrected chi connectivity index (χ4v) is 2.68. The molecular formula is C11H6Br2ClN3O2. The van der Waals surface area contributed by atoms with E-state index in [-0.39, 0.29) is 16.7 Å². The van der Waals surface area contributed by atoms with E-state index in [4.69, 9.17) is 11.6 Å². The summed E-state index contributed by atoms with van der Waals surface area (Å²) in [5.74, 6) is 0.0977. The molecule has 0 aliphatic heterocycles. The van der Waals surface area contributed by atoms with E-state index < -0.39 is 4.92 Å². The second-order valence-electron chi connectivity index (χ2n) is 3.51. The molecule has 1 aromatic carbocycles. The Morgan fingerprint density at radius 1 is 1.26 bits per heavy atom. The quantitative estimate of drug-likeness (QED) is 0.446. The highest BCUT2D eigenvalue weighted by atomic mass is 79.9. The van der Waals surface area contributed by atoms with E-state index in [9.17, 15) is 10.1 Å². The number of nitro groups is 1. The molecule has 2 aromatic rings. The van der Waals surface area contributed by atoms with Crippen LogP contribution in [0.2, 0.25) is 5.15 Å². The fraction of sp³-hybridized carbons (Fsp3) is 0. The molecule has 0 spiro atoms. The lowest BCUT2D eigenvalue weighted by Crippen LogP contribution is -2.00. The minimum Gasteiger partial charge on any atom is -0.333 e. The van der Waals surface area contributed by atoms with E-state index in [2.05, 4.69) is 42.2 Å². The van der Waals surface area contributed by atoms with E-state index in [1.165, 1.54) is 12.1 Å². The van der Waals surface area contributed by atoms with Crippen LogP contribution in [-0.4, -0.2) is 9.91 Å². The third kappa shape index (κ3) is 3.43. The predicted octanol–water partition coefficient (Wildman–Crippen LogP) is 4.91. The number of benzene rings is 1. The Morgan fingerprint density at radius 2 is 2.00 bits per heavy atom. The molecule has 98 valence electrons. The predicted molar refractivity (Wildman–Crippen MR) is 81.0 cm³/mol. The second-order valence-corrected chi connectivity index (χ2v) is 5.67. The molecule has 0 fully saturated rings. The van der Waals surface area contributed by atoms with Gasteiger partial charge in [-0.1, -0.05) is 27.5 Å². The summed E-state index contributed by atoms with van der Waals surface area (Å²) in [5.41, 5.74) is 0.514. The summed E-state index contributed by atoms with van der Waals surface area (Å²) in [5, 5.41) is 14.0. The van der Waals surface area contributed by atoms with Gasteiger partial charge in [0.15, 0.2) is 0 Å². The number of aromatic nitrogens is 1. The summed E-state index contributed by atoms with van der Waals surface area (Å²) < 4.78 is 1.64. The van der Waals surface area contributed by atoms with Gasteiger partial charge in [0.1, 0.15) is 5.15 Å². The minimum atomic E-state index is -0.515. The number of nitrogens with one attached hydrogen (secondary N) is 1. The van der Waals surface area contributed by atoms with Gasteiger partial charge in [-0.05, 0) is 40.2 Å². The van der Waals surface area contributed by atoms with Gasteiger partial charge in [-0.15, -0.1) is 0 Å². The van der Waals surface area contributed by atoms with Crippen LogP contribution in [-0.2, 0) is 0 Å². The van der Waals surface area contributed by atoms with Gasteiger partial charge in [-0.25, -0.2) is 4.98 Å². The molecule has 5 nitrogen and oxygen atoms in total. The molecule has 2 rings (SSSR count). The van der Waals surface area contributed by atoms with Crippen molar-refractivity contribution < 1.29 is 4.92 Å². The molecule has 0 radical (unpaired) electrons. The van der Waals surface area contributed by atoms with E-state index in [1.54, 1.807) is 6.07 Å². The fourth-order valence-electron chi connectivity index (χ4n) is 1.39. The van der Waals surface area contributed by atoms with Crippen LogP contribution >= 0.6 is 43.5 Å². The van der Waals surface area contributed by atoms with Crippen LogP contribution in [0.5, 0.6) is 0 Å². The average Bonchev–Trinajstić information content (AvgIpc) is 2.32. The molecule has 1 N–H and O–H groups in total. The van der Waals surface area contributed by atoms with Gasteiger partial charge in [0, 0.05) is 15.0 Å². The van der Waals surface area contributed by atoms with Crippen molar-refractivity contribution in [3.8, 4) is 0 Å². The lowest BCUT2D eigenvalue weighted by atomic mass is 10.3. The first-order chi connectivity index (χ1) is 8.97. The Balaban J connectivity index is 2.42. The third-order valence-corrected chi connectivity index (χ3v) is 3.58. The smallest absolute Gasteiger partial charge is 0.311 e. The molecular weight excluding hydrogens is 401 g/mol. The second kappa shape index (κ2) is 5.85. The van der Waals surface area contributed by atoms with Gasteiger partial charge < -0.3 is 5.32 Å². The highest BCUT2D eigenvalue weighted by Crippen LogP contribution is 2.32. The van der Waals surface area contributed by atoms with Gasteiger partial charge in [0.05, 0.1) is 10.6 Å². The normalized spacial score (nSPS) is 10.3. The van der Waals surface area contributed by atoms with Gasteiger partial charge in [-0.2, -0.15) is 0 Å². The van der Waals surface area contributed by atoms with Crippen LogP contribution in [0.25, 0.3) is 0 Å². The Labute approximate surface area is 130 Å². The summed E-state index contributed by atoms with van der Waals surface area (Å²) >= 11 is 12.4. The zero-order valence-corrected chi connectivity index (χ0v) is 13.2. The van der Waals surface area contributed by atoms with Crippen molar-refractivity contribution in [3.63, 3.8) is 0 Å². The number of hydrogen-bond donors (Lipinski definition) is 1. The van der Waals surface area contributed by atoms with Crippen LogP contribution in [0.3, 0.4) is 0 Å². The van der Waals surface area contributed by atoms with E-state index >= 15 is 0 Å². The molecule has 8 heteroatoms. The van der Waals surface area contributed by atoms with Crippen molar-refractivity contribution in [3.05, 3.63) is 54.5 Å². The van der Waals surface area contributed by atoms with Crippen molar-refractivity contribution in [2.24, 2.45) is 0 Å². The maximum absolute atomic E-state index is 10.9. The molecule has 0 amide bonds. The first-order valence-electron chi connectivity index (χ1n) is 5.00. The van der Waals surface area contributed by atoms with Crippen molar-refractivity contribution in [1.29, 1.82) is 0 Å². The van der Waals surface area contributed by atoms with Crippen molar-refractivity contribution in [2.45, 2.75) is 0 Å². The molecule has 0 saturated heterocycles. The largest absolute Gasteiger partial charge is 0.333 e. The molecule has 0 aliphatic rings. The third-order valence-electron chi connectivity index (χ3n) is 2.22. The first kappa shape index (κ1) is 14.2. The monoisotopic (exact) mass is 405 g/mol. The van der Waals surface area contributed by atoms with Gasteiger partial charge >= 0.3 is 5.69 Å². The van der Waals surface area contributed by atoms with Crippen molar-refractivity contribution in [2.75, 3.05) is 5.32 Å². The Bertz CT molecular complexity index is 652. The van der Waals surface area contributed by atoms with Crippen molar-refractivity contribution in [1.82, 2.24) is 4.98 Å². The van der Waals surface area contributed by atoms with E-state index in [1.807, 2.05) is 12.1 Å². The van der Waals surface area contributed by atoms with Gasteiger partial charge in [0.25, 0.3) is 0 Å². The number of halogens is 3. The zero-order valence-electron chi connectivity index (χ0n) is 9.23. The standard InChI is InChI=1S/C11H6Br2ClN3O2/c12-6-1-2-8(7(13)5-6)15-11-9(17(18)19)3-4-10(14)16-11/h1-5H,(H,15,16). The maximum atomic E-state index is 10.9. The number of anilines is 2. The maximum Gasteiger partial charge on any atom is 0.311 e. The highest BCUT2D eigenvalue weighted by molar-refractivity contribution is 9.11. The zero-order chi connectivity index (χ0) is 14.0. The lowest BCUT2D eigenvalue weighted by Gasteiger charge is -2.08. The summed E-state index contributed by atoms with van der Waals surface area (Å²) in [6.45, 7) is 0. The molecule has 0 bridgehead atoms. The Kier molecular flexibility index (Phi) is 4.38. The SMILES string of the molecule is O=[N+]([O-])c1ccc(Cl)nc1Nc1ccc(Br)cc1Br. The Hall–Kier alpha value is -1.18. The summed E-state index contributed by atoms with van der Waals surface area (Å²) in [7, 11) is 0. The number of pyridine rings is 1. The van der Waals surface area contributed by atoms with Crippen LogP contribution in [0, 0.1) is 10.1 Å². The number of rotatable bonds is 3. The van der Waals surface area contributed by atoms with Crippen LogP contribution in [0.4, 0.5) is 17.2 Å². The van der Waals surface area contributed by atoms with Gasteiger partial charge in [-0.3, -0.25) is 10.1 Å². The minimum absolute atomic E-state index is 0.0977. The summed E-state index contributed by atoms with van der Waals surface area (Å²) in [6.07, 6.45) is 0. The molecule has 0 unspecified atom stereocenters. The molecule has 0 aliphatic carbocycles. The topological polar surface area (TPSA) is 68.1 Å². The number of nitrogens with zero attached hydrogens (tertiary/aromatic N) is 2. The molecule has 1 aromatic heterocycles. The molecule has 1 heterocycles. The highest BCUT2D eigenvalue weighted by Gasteiger charge is 2.16. The molecule has 0 atom stereocenters. The first-order valence-corrected chi connectivity index (χ1v) is 6.97. The van der Waals surface area contributed by atoms with Crippen LogP contribution in [0.1, 0.15) is 0 Å². The van der Waals surface area contributed by atoms with E-state index in [0.29, 0.717) is 5.69 Å².